The van der Waals surface area contributed by atoms with Gasteiger partial charge >= 0.3 is 0 Å². The Morgan fingerprint density at radius 1 is 1.24 bits per heavy atom. The second kappa shape index (κ2) is 4.29. The molecular formula is C14H17N7. The van der Waals surface area contributed by atoms with Crippen LogP contribution in [0, 0.1) is 5.92 Å². The van der Waals surface area contributed by atoms with Crippen LogP contribution in [0.5, 0.6) is 0 Å². The van der Waals surface area contributed by atoms with E-state index in [1.807, 2.05) is 24.4 Å². The van der Waals surface area contributed by atoms with Crippen molar-refractivity contribution in [3.8, 4) is 11.4 Å². The molecule has 1 aromatic rings. The molecule has 4 heterocycles. The average molecular weight is 283 g/mol. The average Bonchev–Trinajstić information content (AvgIpc) is 3.05. The number of pyridine rings is 2. The van der Waals surface area contributed by atoms with Crippen molar-refractivity contribution in [2.75, 3.05) is 24.1 Å². The summed E-state index contributed by atoms with van der Waals surface area (Å²) in [6, 6.07) is 1.99. The molecule has 0 spiro atoms. The van der Waals surface area contributed by atoms with E-state index in [1.54, 1.807) is 12.5 Å². The van der Waals surface area contributed by atoms with Crippen LogP contribution in [0.25, 0.3) is 22.3 Å². The zero-order valence-corrected chi connectivity index (χ0v) is 12.3. The predicted molar refractivity (Wildman–Crippen MR) is 81.3 cm³/mol. The van der Waals surface area contributed by atoms with E-state index in [0.717, 1.165) is 34.7 Å². The van der Waals surface area contributed by atoms with Crippen LogP contribution in [0.1, 0.15) is 13.8 Å². The lowest BCUT2D eigenvalue weighted by molar-refractivity contribution is 0.304. The van der Waals surface area contributed by atoms with Crippen LogP contribution in [0.4, 0.5) is 5.82 Å². The number of hydrazine groups is 2. The van der Waals surface area contributed by atoms with Gasteiger partial charge in [0.15, 0.2) is 5.82 Å². The normalized spacial score (nSPS) is 15.1. The second-order valence-corrected chi connectivity index (χ2v) is 5.71. The molecule has 21 heavy (non-hydrogen) atoms. The molecule has 7 nitrogen and oxygen atoms in total. The summed E-state index contributed by atoms with van der Waals surface area (Å²) >= 11 is 0. The predicted octanol–water partition coefficient (Wildman–Crippen LogP) is 1.71. The molecular weight excluding hydrogens is 266 g/mol. The minimum absolute atomic E-state index is 0.529. The Balaban J connectivity index is 2.06. The number of hydrogen-bond acceptors (Lipinski definition) is 6. The zero-order valence-electron chi connectivity index (χ0n) is 12.3. The van der Waals surface area contributed by atoms with E-state index in [4.69, 9.17) is 0 Å². The lowest BCUT2D eigenvalue weighted by atomic mass is 10.1. The molecule has 0 aliphatic carbocycles. The van der Waals surface area contributed by atoms with Crippen LogP contribution in [0.15, 0.2) is 24.8 Å². The molecule has 0 bridgehead atoms. The number of aromatic nitrogens is 4. The Kier molecular flexibility index (Phi) is 2.52. The monoisotopic (exact) mass is 283 g/mol. The van der Waals surface area contributed by atoms with Crippen molar-refractivity contribution in [1.29, 1.82) is 0 Å². The van der Waals surface area contributed by atoms with E-state index in [2.05, 4.69) is 44.0 Å². The Bertz CT molecular complexity index is 778. The van der Waals surface area contributed by atoms with Gasteiger partial charge in [-0.2, -0.15) is 0 Å². The highest BCUT2D eigenvalue weighted by molar-refractivity contribution is 5.97. The molecule has 1 aromatic heterocycles. The maximum atomic E-state index is 4.42. The van der Waals surface area contributed by atoms with Gasteiger partial charge in [-0.25, -0.2) is 19.8 Å². The van der Waals surface area contributed by atoms with Crippen molar-refractivity contribution >= 4 is 16.7 Å². The number of anilines is 1. The highest BCUT2D eigenvalue weighted by Crippen LogP contribution is 2.37. The van der Waals surface area contributed by atoms with E-state index < -0.39 is 0 Å². The van der Waals surface area contributed by atoms with Crippen molar-refractivity contribution in [3.05, 3.63) is 24.8 Å². The molecule has 0 saturated carbocycles. The number of rotatable bonds is 2. The second-order valence-electron chi connectivity index (χ2n) is 5.71. The Morgan fingerprint density at radius 2 is 2.05 bits per heavy atom. The van der Waals surface area contributed by atoms with Crippen molar-refractivity contribution in [2.45, 2.75) is 13.8 Å². The fourth-order valence-corrected chi connectivity index (χ4v) is 2.83. The standard InChI is InChI=1S/C14H17N7/c1-9(2)7-20-19(3)18-14-13-12(16-8-17-13)10-4-5-15-6-11(10)21(14)20/h4-6,8-9,18H,7H2,1-3H3. The van der Waals surface area contributed by atoms with Gasteiger partial charge in [0.05, 0.1) is 18.3 Å². The topological polar surface area (TPSA) is 62.1 Å². The first-order valence-electron chi connectivity index (χ1n) is 7.04. The number of nitrogens with zero attached hydrogens (tertiary/aromatic N) is 6. The molecule has 0 atom stereocenters. The largest absolute Gasteiger partial charge is 0.282 e. The van der Waals surface area contributed by atoms with E-state index in [0.29, 0.717) is 5.92 Å². The first kappa shape index (κ1) is 12.3. The number of imidazole rings is 1. The Morgan fingerprint density at radius 3 is 2.86 bits per heavy atom. The Labute approximate surface area is 122 Å². The van der Waals surface area contributed by atoms with Gasteiger partial charge in [-0.3, -0.25) is 10.4 Å². The van der Waals surface area contributed by atoms with Crippen molar-refractivity contribution in [1.82, 2.24) is 24.7 Å². The van der Waals surface area contributed by atoms with Crippen molar-refractivity contribution < 1.29 is 0 Å². The van der Waals surface area contributed by atoms with Gasteiger partial charge in [-0.05, 0) is 12.0 Å². The third-order valence-corrected chi connectivity index (χ3v) is 3.69. The molecule has 0 fully saturated rings. The summed E-state index contributed by atoms with van der Waals surface area (Å²) in [5.41, 5.74) is 6.18. The van der Waals surface area contributed by atoms with Crippen LogP contribution >= 0.6 is 0 Å². The van der Waals surface area contributed by atoms with E-state index in [9.17, 15) is 0 Å². The van der Waals surface area contributed by atoms with Gasteiger partial charge in [0.25, 0.3) is 0 Å². The summed E-state index contributed by atoms with van der Waals surface area (Å²) in [7, 11) is 2.00. The maximum absolute atomic E-state index is 4.42. The van der Waals surface area contributed by atoms with Gasteiger partial charge < -0.3 is 0 Å². The first-order valence-corrected chi connectivity index (χ1v) is 7.04. The number of nitrogens with one attached hydrogen (secondary N) is 1. The van der Waals surface area contributed by atoms with Gasteiger partial charge in [0.1, 0.15) is 17.7 Å². The molecule has 1 N–H and O–H groups in total. The number of fused-ring (bicyclic) bond motifs is 6. The minimum atomic E-state index is 0.529. The van der Waals surface area contributed by atoms with Gasteiger partial charge in [-0.1, -0.05) is 13.8 Å². The maximum Gasteiger partial charge on any atom is 0.171 e. The van der Waals surface area contributed by atoms with Crippen molar-refractivity contribution in [2.24, 2.45) is 5.92 Å². The van der Waals surface area contributed by atoms with Gasteiger partial charge in [0, 0.05) is 18.6 Å². The molecule has 0 aromatic carbocycles. The van der Waals surface area contributed by atoms with Crippen LogP contribution in [-0.4, -0.2) is 38.3 Å². The third kappa shape index (κ3) is 1.67. The molecule has 0 unspecified atom stereocenters. The minimum Gasteiger partial charge on any atom is -0.282 e. The van der Waals surface area contributed by atoms with E-state index >= 15 is 0 Å². The molecule has 0 amide bonds. The zero-order chi connectivity index (χ0) is 14.6. The van der Waals surface area contributed by atoms with Crippen LogP contribution in [0.2, 0.25) is 0 Å². The van der Waals surface area contributed by atoms with Crippen molar-refractivity contribution in [3.63, 3.8) is 0 Å². The fourth-order valence-electron chi connectivity index (χ4n) is 2.83. The molecule has 4 rings (SSSR count). The van der Waals surface area contributed by atoms with Crippen LogP contribution < -0.4 is 10.5 Å². The molecule has 3 aliphatic heterocycles. The summed E-state index contributed by atoms with van der Waals surface area (Å²) in [5, 5.41) is 5.21. The van der Waals surface area contributed by atoms with Crippen LogP contribution in [0.3, 0.4) is 0 Å². The van der Waals surface area contributed by atoms with E-state index in [1.165, 1.54) is 0 Å². The smallest absolute Gasteiger partial charge is 0.171 e. The highest BCUT2D eigenvalue weighted by atomic mass is 16.0. The Hall–Kier alpha value is -2.41. The fraction of sp³-hybridized carbons (Fsp3) is 0.357. The summed E-state index contributed by atoms with van der Waals surface area (Å²) < 4.78 is 2.14. The summed E-state index contributed by atoms with van der Waals surface area (Å²) in [4.78, 5) is 13.1. The summed E-state index contributed by atoms with van der Waals surface area (Å²) in [6.07, 6.45) is 5.28. The molecule has 108 valence electrons. The SMILES string of the molecule is CC(C)CN1N(C)Nc2c3ncnc-3c3ccncc3n21. The van der Waals surface area contributed by atoms with Gasteiger partial charge in [0.2, 0.25) is 0 Å². The summed E-state index contributed by atoms with van der Waals surface area (Å²) in [5.74, 6) is 1.46. The molecule has 0 saturated heterocycles. The van der Waals surface area contributed by atoms with Gasteiger partial charge in [-0.15, -0.1) is 5.12 Å². The van der Waals surface area contributed by atoms with E-state index in [-0.39, 0.29) is 0 Å². The molecule has 7 heteroatoms. The van der Waals surface area contributed by atoms with Crippen LogP contribution in [-0.2, 0) is 0 Å². The molecule has 0 radical (unpaired) electrons. The summed E-state index contributed by atoms with van der Waals surface area (Å²) in [6.45, 7) is 5.30. The highest BCUT2D eigenvalue weighted by Gasteiger charge is 2.31. The molecule has 3 aliphatic rings. The lowest BCUT2D eigenvalue weighted by Crippen LogP contribution is -2.45. The first-order chi connectivity index (χ1) is 10.2. The third-order valence-electron chi connectivity index (χ3n) is 3.69. The quantitative estimate of drug-likeness (QED) is 0.772. The lowest BCUT2D eigenvalue weighted by Gasteiger charge is -2.28. The number of hydrogen-bond donors (Lipinski definition) is 1.